The standard InChI is InChI=1S/C16H22N2O3/c1-15(2,3)21-14(20)18-11-16(8-6-9-16)13(19)12-7-4-5-10-17-12/h4-5,7,10H,6,8-9,11H2,1-3H3,(H,18,20). The van der Waals surface area contributed by atoms with E-state index in [-0.39, 0.29) is 5.78 Å². The number of nitrogens with zero attached hydrogens (tertiary/aromatic N) is 1. The van der Waals surface area contributed by atoms with Crippen LogP contribution in [0.25, 0.3) is 0 Å². The van der Waals surface area contributed by atoms with Crippen LogP contribution in [0.5, 0.6) is 0 Å². The summed E-state index contributed by atoms with van der Waals surface area (Å²) in [7, 11) is 0. The summed E-state index contributed by atoms with van der Waals surface area (Å²) in [5.41, 5.74) is -0.601. The molecule has 114 valence electrons. The number of Topliss-reactive ketones (excluding diaryl/α,β-unsaturated/α-hetero) is 1. The van der Waals surface area contributed by atoms with Crippen molar-refractivity contribution in [1.29, 1.82) is 0 Å². The van der Waals surface area contributed by atoms with Crippen LogP contribution in [0.3, 0.4) is 0 Å². The summed E-state index contributed by atoms with van der Waals surface area (Å²) in [5.74, 6) is 0.00501. The summed E-state index contributed by atoms with van der Waals surface area (Å²) in [6, 6.07) is 5.30. The van der Waals surface area contributed by atoms with E-state index in [9.17, 15) is 9.59 Å². The number of ether oxygens (including phenoxy) is 1. The maximum absolute atomic E-state index is 12.6. The molecule has 0 unspecified atom stereocenters. The molecule has 1 fully saturated rings. The van der Waals surface area contributed by atoms with Crippen molar-refractivity contribution < 1.29 is 14.3 Å². The van der Waals surface area contributed by atoms with E-state index in [1.807, 2.05) is 20.8 Å². The molecule has 0 radical (unpaired) electrons. The van der Waals surface area contributed by atoms with Crippen molar-refractivity contribution in [3.05, 3.63) is 30.1 Å². The van der Waals surface area contributed by atoms with Gasteiger partial charge in [-0.1, -0.05) is 12.5 Å². The summed E-state index contributed by atoms with van der Waals surface area (Å²) < 4.78 is 5.21. The van der Waals surface area contributed by atoms with E-state index in [2.05, 4.69) is 10.3 Å². The Bertz CT molecular complexity index is 516. The first-order valence-electron chi connectivity index (χ1n) is 7.25. The lowest BCUT2D eigenvalue weighted by Gasteiger charge is -2.40. The summed E-state index contributed by atoms with van der Waals surface area (Å²) >= 11 is 0. The largest absolute Gasteiger partial charge is 0.444 e. The minimum atomic E-state index is -0.540. The number of carbonyl (C=O) groups excluding carboxylic acids is 2. The molecule has 1 aliphatic carbocycles. The highest BCUT2D eigenvalue weighted by molar-refractivity contribution is 5.99. The fourth-order valence-electron chi connectivity index (χ4n) is 2.41. The van der Waals surface area contributed by atoms with Crippen molar-refractivity contribution in [2.45, 2.75) is 45.6 Å². The van der Waals surface area contributed by atoms with Crippen LogP contribution >= 0.6 is 0 Å². The number of aromatic nitrogens is 1. The third-order valence-electron chi connectivity index (χ3n) is 3.66. The van der Waals surface area contributed by atoms with E-state index in [4.69, 9.17) is 4.74 Å². The number of ketones is 1. The Morgan fingerprint density at radius 1 is 1.33 bits per heavy atom. The Labute approximate surface area is 125 Å². The molecule has 1 heterocycles. The number of amides is 1. The molecule has 21 heavy (non-hydrogen) atoms. The average molecular weight is 290 g/mol. The molecular weight excluding hydrogens is 268 g/mol. The number of carbonyl (C=O) groups is 2. The molecule has 0 aromatic carbocycles. The van der Waals surface area contributed by atoms with E-state index in [0.717, 1.165) is 19.3 Å². The zero-order valence-electron chi connectivity index (χ0n) is 12.8. The molecule has 0 aliphatic heterocycles. The van der Waals surface area contributed by atoms with Gasteiger partial charge in [-0.15, -0.1) is 0 Å². The second-order valence-electron chi connectivity index (χ2n) is 6.53. The smallest absolute Gasteiger partial charge is 0.407 e. The summed E-state index contributed by atoms with van der Waals surface area (Å²) in [6.07, 6.45) is 3.67. The van der Waals surface area contributed by atoms with Gasteiger partial charge in [0.15, 0.2) is 5.78 Å². The van der Waals surface area contributed by atoms with Crippen LogP contribution in [0.2, 0.25) is 0 Å². The van der Waals surface area contributed by atoms with Gasteiger partial charge in [0.25, 0.3) is 0 Å². The highest BCUT2D eigenvalue weighted by Gasteiger charge is 2.45. The second kappa shape index (κ2) is 5.84. The van der Waals surface area contributed by atoms with Gasteiger partial charge in [-0.2, -0.15) is 0 Å². The van der Waals surface area contributed by atoms with Crippen molar-refractivity contribution in [1.82, 2.24) is 10.3 Å². The van der Waals surface area contributed by atoms with E-state index in [1.54, 1.807) is 24.4 Å². The lowest BCUT2D eigenvalue weighted by Crippen LogP contribution is -2.48. The molecule has 2 rings (SSSR count). The lowest BCUT2D eigenvalue weighted by atomic mass is 9.65. The SMILES string of the molecule is CC(C)(C)OC(=O)NCC1(C(=O)c2ccccn2)CCC1. The third-order valence-corrected chi connectivity index (χ3v) is 3.66. The van der Waals surface area contributed by atoms with Crippen LogP contribution in [-0.4, -0.2) is 29.0 Å². The zero-order valence-corrected chi connectivity index (χ0v) is 12.8. The van der Waals surface area contributed by atoms with Crippen LogP contribution in [0.15, 0.2) is 24.4 Å². The average Bonchev–Trinajstić information content (AvgIpc) is 2.36. The maximum Gasteiger partial charge on any atom is 0.407 e. The normalized spacial score (nSPS) is 16.7. The fraction of sp³-hybridized carbons (Fsp3) is 0.562. The molecule has 1 aromatic rings. The van der Waals surface area contributed by atoms with E-state index < -0.39 is 17.1 Å². The third kappa shape index (κ3) is 3.80. The molecule has 1 amide bonds. The molecule has 5 heteroatoms. The zero-order chi connectivity index (χ0) is 15.5. The molecule has 1 N–H and O–H groups in total. The van der Waals surface area contributed by atoms with Gasteiger partial charge < -0.3 is 10.1 Å². The monoisotopic (exact) mass is 290 g/mol. The Morgan fingerprint density at radius 3 is 2.52 bits per heavy atom. The molecule has 1 aliphatic rings. The van der Waals surface area contributed by atoms with Crippen molar-refractivity contribution in [3.63, 3.8) is 0 Å². The molecular formula is C16H22N2O3. The summed E-state index contributed by atoms with van der Waals surface area (Å²) in [5, 5.41) is 2.72. The predicted octanol–water partition coefficient (Wildman–Crippen LogP) is 2.96. The van der Waals surface area contributed by atoms with Crippen LogP contribution < -0.4 is 5.32 Å². The topological polar surface area (TPSA) is 68.3 Å². The minimum absolute atomic E-state index is 0.00501. The quantitative estimate of drug-likeness (QED) is 0.866. The van der Waals surface area contributed by atoms with Crippen molar-refractivity contribution in [3.8, 4) is 0 Å². The maximum atomic E-state index is 12.6. The fourth-order valence-corrected chi connectivity index (χ4v) is 2.41. The summed E-state index contributed by atoms with van der Waals surface area (Å²) in [4.78, 5) is 28.5. The highest BCUT2D eigenvalue weighted by atomic mass is 16.6. The molecule has 0 bridgehead atoms. The van der Waals surface area contributed by atoms with Crippen molar-refractivity contribution in [2.75, 3.05) is 6.54 Å². The van der Waals surface area contributed by atoms with E-state index in [1.165, 1.54) is 0 Å². The lowest BCUT2D eigenvalue weighted by molar-refractivity contribution is 0.0427. The van der Waals surface area contributed by atoms with Gasteiger partial charge in [0.1, 0.15) is 11.3 Å². The van der Waals surface area contributed by atoms with Gasteiger partial charge >= 0.3 is 6.09 Å². The van der Waals surface area contributed by atoms with Gasteiger partial charge in [-0.3, -0.25) is 9.78 Å². The number of rotatable bonds is 4. The Morgan fingerprint density at radius 2 is 2.05 bits per heavy atom. The van der Waals surface area contributed by atoms with Crippen LogP contribution in [0.1, 0.15) is 50.5 Å². The van der Waals surface area contributed by atoms with Crippen LogP contribution in [0, 0.1) is 5.41 Å². The number of hydrogen-bond donors (Lipinski definition) is 1. The second-order valence-corrected chi connectivity index (χ2v) is 6.53. The predicted molar refractivity (Wildman–Crippen MR) is 79.1 cm³/mol. The first-order valence-corrected chi connectivity index (χ1v) is 7.25. The van der Waals surface area contributed by atoms with Crippen LogP contribution in [0.4, 0.5) is 4.79 Å². The molecule has 1 aromatic heterocycles. The minimum Gasteiger partial charge on any atom is -0.444 e. The van der Waals surface area contributed by atoms with E-state index >= 15 is 0 Å². The Kier molecular flexibility index (Phi) is 4.30. The highest BCUT2D eigenvalue weighted by Crippen LogP contribution is 2.42. The molecule has 5 nitrogen and oxygen atoms in total. The molecule has 0 spiro atoms. The van der Waals surface area contributed by atoms with Gasteiger partial charge in [0.05, 0.1) is 5.41 Å². The van der Waals surface area contributed by atoms with Gasteiger partial charge in [0.2, 0.25) is 0 Å². The number of nitrogens with one attached hydrogen (secondary N) is 1. The Hall–Kier alpha value is -1.91. The molecule has 0 atom stereocenters. The number of pyridine rings is 1. The van der Waals surface area contributed by atoms with Crippen LogP contribution in [-0.2, 0) is 4.74 Å². The Balaban J connectivity index is 1.99. The first kappa shape index (κ1) is 15.5. The van der Waals surface area contributed by atoms with Gasteiger partial charge in [-0.25, -0.2) is 4.79 Å². The van der Waals surface area contributed by atoms with Crippen molar-refractivity contribution >= 4 is 11.9 Å². The molecule has 0 saturated heterocycles. The van der Waals surface area contributed by atoms with Gasteiger partial charge in [-0.05, 0) is 45.7 Å². The molecule has 1 saturated carbocycles. The number of alkyl carbamates (subject to hydrolysis) is 1. The van der Waals surface area contributed by atoms with E-state index in [0.29, 0.717) is 12.2 Å². The number of hydrogen-bond acceptors (Lipinski definition) is 4. The summed E-state index contributed by atoms with van der Waals surface area (Å²) in [6.45, 7) is 5.73. The van der Waals surface area contributed by atoms with Crippen molar-refractivity contribution in [2.24, 2.45) is 5.41 Å². The first-order chi connectivity index (χ1) is 9.82. The van der Waals surface area contributed by atoms with Gasteiger partial charge in [0, 0.05) is 12.7 Å².